The number of nitriles is 1. The van der Waals surface area contributed by atoms with Crippen molar-refractivity contribution in [2.45, 2.75) is 25.2 Å². The first-order chi connectivity index (χ1) is 12.8. The van der Waals surface area contributed by atoms with Crippen LogP contribution in [0.25, 0.3) is 0 Å². The minimum atomic E-state index is 0.460. The molecule has 0 bridgehead atoms. The SMILES string of the molecule is N#Cc1cccnc1N1CCC(c2cc(Cc3ccccc3)[nH]n2)CC1. The van der Waals surface area contributed by atoms with E-state index in [2.05, 4.69) is 56.5 Å². The Morgan fingerprint density at radius 1 is 1.12 bits per heavy atom. The largest absolute Gasteiger partial charge is 0.355 e. The van der Waals surface area contributed by atoms with Gasteiger partial charge in [0.2, 0.25) is 0 Å². The third-order valence-corrected chi connectivity index (χ3v) is 5.01. The summed E-state index contributed by atoms with van der Waals surface area (Å²) in [6.07, 6.45) is 4.69. The van der Waals surface area contributed by atoms with Crippen LogP contribution in [0, 0.1) is 11.3 Å². The number of nitrogens with zero attached hydrogens (tertiary/aromatic N) is 4. The van der Waals surface area contributed by atoms with E-state index in [4.69, 9.17) is 0 Å². The molecule has 5 nitrogen and oxygen atoms in total. The Labute approximate surface area is 153 Å². The molecule has 0 saturated carbocycles. The van der Waals surface area contributed by atoms with Gasteiger partial charge in [0.1, 0.15) is 11.9 Å². The van der Waals surface area contributed by atoms with Gasteiger partial charge in [-0.05, 0) is 36.6 Å². The molecule has 1 aromatic carbocycles. The third-order valence-electron chi connectivity index (χ3n) is 5.01. The number of benzene rings is 1. The van der Waals surface area contributed by atoms with Gasteiger partial charge in [0, 0.05) is 37.3 Å². The van der Waals surface area contributed by atoms with Crippen LogP contribution in [0.1, 0.15) is 41.3 Å². The van der Waals surface area contributed by atoms with Crippen molar-refractivity contribution in [2.24, 2.45) is 0 Å². The fourth-order valence-electron chi connectivity index (χ4n) is 3.62. The summed E-state index contributed by atoms with van der Waals surface area (Å²) < 4.78 is 0. The molecule has 1 fully saturated rings. The van der Waals surface area contributed by atoms with Gasteiger partial charge >= 0.3 is 0 Å². The molecule has 3 heterocycles. The van der Waals surface area contributed by atoms with Crippen molar-refractivity contribution in [1.29, 1.82) is 5.26 Å². The van der Waals surface area contributed by atoms with Crippen LogP contribution in [0.5, 0.6) is 0 Å². The molecule has 4 rings (SSSR count). The lowest BCUT2D eigenvalue weighted by molar-refractivity contribution is 0.493. The van der Waals surface area contributed by atoms with Gasteiger partial charge in [0.15, 0.2) is 0 Å². The number of hydrogen-bond acceptors (Lipinski definition) is 4. The van der Waals surface area contributed by atoms with Crippen LogP contribution in [-0.4, -0.2) is 28.3 Å². The molecule has 130 valence electrons. The van der Waals surface area contributed by atoms with E-state index in [1.807, 2.05) is 18.2 Å². The number of hydrogen-bond donors (Lipinski definition) is 1. The Bertz CT molecular complexity index is 901. The van der Waals surface area contributed by atoms with Crippen molar-refractivity contribution in [2.75, 3.05) is 18.0 Å². The molecule has 1 N–H and O–H groups in total. The lowest BCUT2D eigenvalue weighted by Crippen LogP contribution is -2.34. The van der Waals surface area contributed by atoms with Crippen molar-refractivity contribution in [1.82, 2.24) is 15.2 Å². The second kappa shape index (κ2) is 7.40. The fraction of sp³-hybridized carbons (Fsp3) is 0.286. The van der Waals surface area contributed by atoms with E-state index in [1.54, 1.807) is 6.20 Å². The lowest BCUT2D eigenvalue weighted by Gasteiger charge is -2.32. The molecular weight excluding hydrogens is 322 g/mol. The molecule has 0 atom stereocenters. The van der Waals surface area contributed by atoms with Crippen LogP contribution >= 0.6 is 0 Å². The van der Waals surface area contributed by atoms with Crippen LogP contribution in [0.2, 0.25) is 0 Å². The first-order valence-electron chi connectivity index (χ1n) is 9.01. The second-order valence-electron chi connectivity index (χ2n) is 6.73. The molecule has 26 heavy (non-hydrogen) atoms. The maximum Gasteiger partial charge on any atom is 0.146 e. The van der Waals surface area contributed by atoms with E-state index < -0.39 is 0 Å². The standard InChI is InChI=1S/C21H21N5/c22-15-18-7-4-10-23-21(18)26-11-8-17(9-12-26)20-14-19(24-25-20)13-16-5-2-1-3-6-16/h1-7,10,14,17H,8-9,11-13H2,(H,24,25). The van der Waals surface area contributed by atoms with Crippen LogP contribution in [0.15, 0.2) is 54.7 Å². The molecule has 1 aliphatic heterocycles. The summed E-state index contributed by atoms with van der Waals surface area (Å²) in [4.78, 5) is 6.62. The molecule has 0 amide bonds. The average molecular weight is 343 g/mol. The zero-order valence-corrected chi connectivity index (χ0v) is 14.6. The Morgan fingerprint density at radius 2 is 1.92 bits per heavy atom. The normalized spacial score (nSPS) is 15.0. The molecule has 1 saturated heterocycles. The Hall–Kier alpha value is -3.13. The molecule has 0 unspecified atom stereocenters. The Kier molecular flexibility index (Phi) is 4.65. The van der Waals surface area contributed by atoms with Gasteiger partial charge in [-0.2, -0.15) is 10.4 Å². The molecule has 5 heteroatoms. The molecule has 2 aromatic heterocycles. The van der Waals surface area contributed by atoms with Gasteiger partial charge in [-0.3, -0.25) is 5.10 Å². The van der Waals surface area contributed by atoms with Crippen molar-refractivity contribution < 1.29 is 0 Å². The van der Waals surface area contributed by atoms with Crippen molar-refractivity contribution >= 4 is 5.82 Å². The predicted molar refractivity (Wildman–Crippen MR) is 101 cm³/mol. The minimum absolute atomic E-state index is 0.460. The Balaban J connectivity index is 1.40. The van der Waals surface area contributed by atoms with Gasteiger partial charge in [0.25, 0.3) is 0 Å². The topological polar surface area (TPSA) is 68.6 Å². The number of aromatic amines is 1. The highest BCUT2D eigenvalue weighted by molar-refractivity contribution is 5.53. The van der Waals surface area contributed by atoms with Gasteiger partial charge in [-0.15, -0.1) is 0 Å². The number of nitrogens with one attached hydrogen (secondary N) is 1. The van der Waals surface area contributed by atoms with E-state index in [1.165, 1.54) is 5.56 Å². The van der Waals surface area contributed by atoms with Crippen LogP contribution < -0.4 is 4.90 Å². The summed E-state index contributed by atoms with van der Waals surface area (Å²) in [5.74, 6) is 1.27. The molecule has 1 aliphatic rings. The first-order valence-corrected chi connectivity index (χ1v) is 9.01. The molecule has 0 radical (unpaired) electrons. The minimum Gasteiger partial charge on any atom is -0.355 e. The van der Waals surface area contributed by atoms with Gasteiger partial charge in [0.05, 0.1) is 11.3 Å². The van der Waals surface area contributed by atoms with Crippen molar-refractivity contribution in [3.8, 4) is 6.07 Å². The highest BCUT2D eigenvalue weighted by atomic mass is 15.2. The summed E-state index contributed by atoms with van der Waals surface area (Å²) in [6, 6.07) is 18.5. The molecule has 0 aliphatic carbocycles. The number of piperidine rings is 1. The fourth-order valence-corrected chi connectivity index (χ4v) is 3.62. The third kappa shape index (κ3) is 3.45. The van der Waals surface area contributed by atoms with E-state index in [0.717, 1.165) is 49.6 Å². The predicted octanol–water partition coefficient (Wildman–Crippen LogP) is 3.65. The van der Waals surface area contributed by atoms with Crippen LogP contribution in [0.3, 0.4) is 0 Å². The van der Waals surface area contributed by atoms with Gasteiger partial charge < -0.3 is 4.90 Å². The Morgan fingerprint density at radius 3 is 2.69 bits per heavy atom. The summed E-state index contributed by atoms with van der Waals surface area (Å²) in [7, 11) is 0. The number of aromatic nitrogens is 3. The van der Waals surface area contributed by atoms with E-state index in [-0.39, 0.29) is 0 Å². The molecule has 0 spiro atoms. The van der Waals surface area contributed by atoms with Gasteiger partial charge in [-0.1, -0.05) is 30.3 Å². The summed E-state index contributed by atoms with van der Waals surface area (Å²) in [5.41, 5.74) is 4.25. The van der Waals surface area contributed by atoms with Crippen LogP contribution in [0.4, 0.5) is 5.82 Å². The highest BCUT2D eigenvalue weighted by Gasteiger charge is 2.24. The average Bonchev–Trinajstić information content (AvgIpc) is 3.17. The van der Waals surface area contributed by atoms with E-state index >= 15 is 0 Å². The summed E-state index contributed by atoms with van der Waals surface area (Å²) in [5, 5.41) is 17.0. The quantitative estimate of drug-likeness (QED) is 0.785. The van der Waals surface area contributed by atoms with Crippen LogP contribution in [-0.2, 0) is 6.42 Å². The molecule has 3 aromatic rings. The maximum atomic E-state index is 9.27. The number of pyridine rings is 1. The lowest BCUT2D eigenvalue weighted by atomic mass is 9.93. The van der Waals surface area contributed by atoms with Gasteiger partial charge in [-0.25, -0.2) is 4.98 Å². The number of rotatable bonds is 4. The molecular formula is C21H21N5. The van der Waals surface area contributed by atoms with E-state index in [0.29, 0.717) is 11.5 Å². The maximum absolute atomic E-state index is 9.27. The summed E-state index contributed by atoms with van der Waals surface area (Å²) >= 11 is 0. The zero-order valence-electron chi connectivity index (χ0n) is 14.6. The zero-order chi connectivity index (χ0) is 17.8. The van der Waals surface area contributed by atoms with Crippen molar-refractivity contribution in [3.05, 3.63) is 77.2 Å². The number of H-pyrrole nitrogens is 1. The van der Waals surface area contributed by atoms with Crippen molar-refractivity contribution in [3.63, 3.8) is 0 Å². The first kappa shape index (κ1) is 16.3. The number of anilines is 1. The monoisotopic (exact) mass is 343 g/mol. The highest BCUT2D eigenvalue weighted by Crippen LogP contribution is 2.30. The smallest absolute Gasteiger partial charge is 0.146 e. The second-order valence-corrected chi connectivity index (χ2v) is 6.73. The van der Waals surface area contributed by atoms with E-state index in [9.17, 15) is 5.26 Å². The summed E-state index contributed by atoms with van der Waals surface area (Å²) in [6.45, 7) is 1.80.